The highest BCUT2D eigenvalue weighted by Gasteiger charge is 2.61. The summed E-state index contributed by atoms with van der Waals surface area (Å²) in [5.41, 5.74) is 0.213. The van der Waals surface area contributed by atoms with Crippen LogP contribution in [0.1, 0.15) is 29.6 Å². The van der Waals surface area contributed by atoms with Crippen LogP contribution in [0.2, 0.25) is 5.02 Å². The van der Waals surface area contributed by atoms with Crippen LogP contribution in [0.15, 0.2) is 18.2 Å². The maximum atomic E-state index is 12.7. The summed E-state index contributed by atoms with van der Waals surface area (Å²) in [5, 5.41) is 9.32. The second-order valence-corrected chi connectivity index (χ2v) is 6.78. The normalized spacial score (nSPS) is 32.7. The average molecular weight is 320 g/mol. The Morgan fingerprint density at radius 2 is 1.73 bits per heavy atom. The van der Waals surface area contributed by atoms with Crippen molar-refractivity contribution in [3.63, 3.8) is 0 Å². The van der Waals surface area contributed by atoms with Gasteiger partial charge in [0.25, 0.3) is 0 Å². The summed E-state index contributed by atoms with van der Waals surface area (Å²) in [4.78, 5) is 37.7. The number of rotatable bonds is 2. The van der Waals surface area contributed by atoms with Crippen molar-refractivity contribution in [2.45, 2.75) is 19.3 Å². The number of fused-ring (bicyclic) bond motifs is 5. The molecule has 22 heavy (non-hydrogen) atoms. The van der Waals surface area contributed by atoms with Crippen LogP contribution in [-0.2, 0) is 9.59 Å². The van der Waals surface area contributed by atoms with Gasteiger partial charge in [-0.1, -0.05) is 11.6 Å². The van der Waals surface area contributed by atoms with E-state index in [9.17, 15) is 14.4 Å². The minimum Gasteiger partial charge on any atom is -0.478 e. The molecule has 2 saturated carbocycles. The Morgan fingerprint density at radius 3 is 2.27 bits per heavy atom. The van der Waals surface area contributed by atoms with Crippen LogP contribution in [0.4, 0.5) is 5.69 Å². The molecule has 0 unspecified atom stereocenters. The van der Waals surface area contributed by atoms with Crippen molar-refractivity contribution >= 4 is 35.1 Å². The average Bonchev–Trinajstić information content (AvgIpc) is 3.14. The zero-order valence-electron chi connectivity index (χ0n) is 11.7. The molecule has 0 aromatic heterocycles. The molecule has 1 N–H and O–H groups in total. The minimum atomic E-state index is -1.11. The van der Waals surface area contributed by atoms with E-state index in [0.29, 0.717) is 0 Å². The number of carbonyl (C=O) groups excluding carboxylic acids is 2. The second-order valence-electron chi connectivity index (χ2n) is 6.37. The van der Waals surface area contributed by atoms with E-state index in [0.717, 1.165) is 24.2 Å². The molecule has 1 aliphatic heterocycles. The summed E-state index contributed by atoms with van der Waals surface area (Å²) < 4.78 is 0. The summed E-state index contributed by atoms with van der Waals surface area (Å²) in [7, 11) is 0. The van der Waals surface area contributed by atoms with Crippen LogP contribution in [0, 0.1) is 23.7 Å². The fourth-order valence-corrected chi connectivity index (χ4v) is 4.67. The first-order valence-corrected chi connectivity index (χ1v) is 7.77. The van der Waals surface area contributed by atoms with Gasteiger partial charge in [0.15, 0.2) is 0 Å². The number of aromatic carboxylic acids is 1. The molecule has 1 aromatic carbocycles. The Labute approximate surface area is 131 Å². The highest BCUT2D eigenvalue weighted by molar-refractivity contribution is 6.36. The van der Waals surface area contributed by atoms with Crippen molar-refractivity contribution in [1.29, 1.82) is 0 Å². The molecule has 3 fully saturated rings. The lowest BCUT2D eigenvalue weighted by atomic mass is 9.81. The number of hydrogen-bond donors (Lipinski definition) is 1. The number of carboxylic acids is 1. The Bertz CT molecular complexity index is 688. The third-order valence-electron chi connectivity index (χ3n) is 5.36. The van der Waals surface area contributed by atoms with Crippen LogP contribution in [0.3, 0.4) is 0 Å². The molecule has 0 radical (unpaired) electrons. The van der Waals surface area contributed by atoms with Crippen molar-refractivity contribution in [2.75, 3.05) is 4.90 Å². The monoisotopic (exact) mass is 319 g/mol. The lowest BCUT2D eigenvalue weighted by molar-refractivity contribution is -0.123. The van der Waals surface area contributed by atoms with Crippen LogP contribution < -0.4 is 4.90 Å². The van der Waals surface area contributed by atoms with Crippen molar-refractivity contribution in [3.8, 4) is 0 Å². The smallest absolute Gasteiger partial charge is 0.335 e. The van der Waals surface area contributed by atoms with E-state index < -0.39 is 5.97 Å². The highest BCUT2D eigenvalue weighted by Crippen LogP contribution is 2.56. The van der Waals surface area contributed by atoms with Crippen molar-refractivity contribution in [3.05, 3.63) is 28.8 Å². The van der Waals surface area contributed by atoms with E-state index in [1.54, 1.807) is 0 Å². The Morgan fingerprint density at radius 1 is 1.14 bits per heavy atom. The topological polar surface area (TPSA) is 74.7 Å². The molecule has 3 aliphatic rings. The number of nitrogens with zero attached hydrogens (tertiary/aromatic N) is 1. The molecule has 2 aliphatic carbocycles. The van der Waals surface area contributed by atoms with E-state index in [1.807, 2.05) is 0 Å². The molecule has 1 aromatic rings. The third-order valence-corrected chi connectivity index (χ3v) is 5.68. The summed E-state index contributed by atoms with van der Waals surface area (Å²) in [6.07, 6.45) is 2.97. The van der Waals surface area contributed by atoms with Crippen LogP contribution in [-0.4, -0.2) is 22.9 Å². The van der Waals surface area contributed by atoms with Gasteiger partial charge in [-0.05, 0) is 49.3 Å². The van der Waals surface area contributed by atoms with E-state index in [1.165, 1.54) is 18.2 Å². The number of halogens is 1. The maximum Gasteiger partial charge on any atom is 0.335 e. The molecule has 2 bridgehead atoms. The zero-order chi connectivity index (χ0) is 15.6. The summed E-state index contributed by atoms with van der Waals surface area (Å²) in [6.45, 7) is 0. The molecule has 6 heteroatoms. The van der Waals surface area contributed by atoms with Gasteiger partial charge in [-0.2, -0.15) is 0 Å². The van der Waals surface area contributed by atoms with E-state index in [2.05, 4.69) is 0 Å². The van der Waals surface area contributed by atoms with Crippen LogP contribution in [0.5, 0.6) is 0 Å². The fraction of sp³-hybridized carbons (Fsp3) is 0.438. The van der Waals surface area contributed by atoms with Crippen LogP contribution >= 0.6 is 11.6 Å². The quantitative estimate of drug-likeness (QED) is 0.850. The van der Waals surface area contributed by atoms with Gasteiger partial charge in [0.2, 0.25) is 11.8 Å². The van der Waals surface area contributed by atoms with Crippen molar-refractivity contribution in [1.82, 2.24) is 0 Å². The fourth-order valence-electron chi connectivity index (χ4n) is 4.46. The molecule has 114 valence electrons. The van der Waals surface area contributed by atoms with Gasteiger partial charge in [0.05, 0.1) is 28.1 Å². The molecule has 4 atom stereocenters. The van der Waals surface area contributed by atoms with Gasteiger partial charge >= 0.3 is 5.97 Å². The molecule has 4 rings (SSSR count). The number of hydrogen-bond acceptors (Lipinski definition) is 3. The molecule has 5 nitrogen and oxygen atoms in total. The SMILES string of the molecule is O=C(O)c1ccc(Cl)c(N2C(=O)[C@H]3[C@H]4CC[C@@H](C4)[C@@H]3C2=O)c1. The van der Waals surface area contributed by atoms with Crippen molar-refractivity contribution in [2.24, 2.45) is 23.7 Å². The standard InChI is InChI=1S/C16H14ClNO4/c17-10-4-3-9(16(21)22)6-11(10)18-14(19)12-7-1-2-8(5-7)13(12)15(18)20/h3-4,6-8,12-13H,1-2,5H2,(H,21,22)/t7-,8-,12-,13-/m0/s1. The number of carboxylic acid groups (broad SMARTS) is 1. The maximum absolute atomic E-state index is 12.7. The second kappa shape index (κ2) is 4.56. The first kappa shape index (κ1) is 13.8. The molecular formula is C16H14ClNO4. The molecule has 0 spiro atoms. The van der Waals surface area contributed by atoms with Gasteiger partial charge in [-0.15, -0.1) is 0 Å². The van der Waals surface area contributed by atoms with E-state index in [4.69, 9.17) is 16.7 Å². The van der Waals surface area contributed by atoms with Gasteiger partial charge in [0, 0.05) is 0 Å². The summed E-state index contributed by atoms with van der Waals surface area (Å²) in [6, 6.07) is 4.09. The lowest BCUT2D eigenvalue weighted by Crippen LogP contribution is -2.33. The van der Waals surface area contributed by atoms with Crippen molar-refractivity contribution < 1.29 is 19.5 Å². The largest absolute Gasteiger partial charge is 0.478 e. The number of benzene rings is 1. The van der Waals surface area contributed by atoms with E-state index >= 15 is 0 Å². The lowest BCUT2D eigenvalue weighted by Gasteiger charge is -2.19. The minimum absolute atomic E-state index is 0.0139. The molecule has 1 saturated heterocycles. The van der Waals surface area contributed by atoms with E-state index in [-0.39, 0.29) is 51.8 Å². The Hall–Kier alpha value is -1.88. The summed E-state index contributed by atoms with van der Waals surface area (Å²) in [5.74, 6) is -1.45. The number of imide groups is 1. The van der Waals surface area contributed by atoms with Gasteiger partial charge in [-0.25, -0.2) is 9.69 Å². The number of carbonyl (C=O) groups is 3. The summed E-state index contributed by atoms with van der Waals surface area (Å²) >= 11 is 6.12. The van der Waals surface area contributed by atoms with Gasteiger partial charge in [-0.3, -0.25) is 9.59 Å². The first-order valence-electron chi connectivity index (χ1n) is 7.39. The number of amides is 2. The Balaban J connectivity index is 1.78. The van der Waals surface area contributed by atoms with Gasteiger partial charge in [0.1, 0.15) is 0 Å². The highest BCUT2D eigenvalue weighted by atomic mass is 35.5. The number of anilines is 1. The molecule has 1 heterocycles. The first-order chi connectivity index (χ1) is 10.5. The Kier molecular flexibility index (Phi) is 2.85. The predicted molar refractivity (Wildman–Crippen MR) is 78.7 cm³/mol. The van der Waals surface area contributed by atoms with Crippen LogP contribution in [0.25, 0.3) is 0 Å². The molecule has 2 amide bonds. The molecular weight excluding hydrogens is 306 g/mol. The zero-order valence-corrected chi connectivity index (χ0v) is 12.4. The third kappa shape index (κ3) is 1.69. The van der Waals surface area contributed by atoms with Gasteiger partial charge < -0.3 is 5.11 Å². The predicted octanol–water partition coefficient (Wildman–Crippen LogP) is 2.57.